The Morgan fingerprint density at radius 2 is 1.60 bits per heavy atom. The Labute approximate surface area is 244 Å². The summed E-state index contributed by atoms with van der Waals surface area (Å²) in [7, 11) is -3.80. The minimum Gasteiger partial charge on any atom is -0.490 e. The summed E-state index contributed by atoms with van der Waals surface area (Å²) >= 11 is 0. The molecular formula is C30H32N4O7S. The van der Waals surface area contributed by atoms with Crippen LogP contribution in [0.5, 0.6) is 17.2 Å². The van der Waals surface area contributed by atoms with Gasteiger partial charge in [-0.05, 0) is 81.6 Å². The average molecular weight is 593 g/mol. The second kappa shape index (κ2) is 12.5. The van der Waals surface area contributed by atoms with Crippen LogP contribution in [0.4, 0.5) is 11.7 Å². The number of anilines is 2. The van der Waals surface area contributed by atoms with Crippen LogP contribution in [0.15, 0.2) is 70.0 Å². The van der Waals surface area contributed by atoms with E-state index in [4.69, 9.17) is 18.6 Å². The molecule has 2 heterocycles. The highest BCUT2D eigenvalue weighted by Crippen LogP contribution is 2.42. The van der Waals surface area contributed by atoms with Crippen molar-refractivity contribution in [1.82, 2.24) is 10.2 Å². The van der Waals surface area contributed by atoms with Gasteiger partial charge in [0.15, 0.2) is 11.5 Å². The first-order chi connectivity index (χ1) is 20.3. The first-order valence-corrected chi connectivity index (χ1v) is 15.2. The van der Waals surface area contributed by atoms with E-state index in [0.29, 0.717) is 54.9 Å². The second-order valence-electron chi connectivity index (χ2n) is 9.30. The van der Waals surface area contributed by atoms with E-state index in [2.05, 4.69) is 15.5 Å². The van der Waals surface area contributed by atoms with E-state index in [-0.39, 0.29) is 22.4 Å². The molecule has 0 saturated carbocycles. The third-order valence-corrected chi connectivity index (χ3v) is 8.40. The number of aryl methyl sites for hydroxylation is 1. The van der Waals surface area contributed by atoms with E-state index in [1.807, 2.05) is 45.0 Å². The Morgan fingerprint density at radius 1 is 0.929 bits per heavy atom. The minimum atomic E-state index is -3.80. The van der Waals surface area contributed by atoms with Gasteiger partial charge in [-0.2, -0.15) is 0 Å². The Morgan fingerprint density at radius 3 is 2.26 bits per heavy atom. The zero-order valence-electron chi connectivity index (χ0n) is 23.6. The fourth-order valence-corrected chi connectivity index (χ4v) is 6.27. The van der Waals surface area contributed by atoms with Crippen molar-refractivity contribution < 1.29 is 31.8 Å². The van der Waals surface area contributed by atoms with Crippen LogP contribution in [0, 0.1) is 0 Å². The largest absolute Gasteiger partial charge is 0.490 e. The third-order valence-electron chi connectivity index (χ3n) is 6.57. The predicted molar refractivity (Wildman–Crippen MR) is 157 cm³/mol. The van der Waals surface area contributed by atoms with Crippen molar-refractivity contribution in [2.75, 3.05) is 36.0 Å². The lowest BCUT2D eigenvalue weighted by Crippen LogP contribution is -2.35. The monoisotopic (exact) mass is 592 g/mol. The smallest absolute Gasteiger partial charge is 0.322 e. The van der Waals surface area contributed by atoms with Crippen molar-refractivity contribution in [1.29, 1.82) is 0 Å². The molecule has 0 unspecified atom stereocenters. The van der Waals surface area contributed by atoms with E-state index in [1.54, 1.807) is 12.1 Å². The number of aromatic nitrogens is 2. The Bertz CT molecular complexity index is 1640. The number of para-hydroxylation sites is 1. The van der Waals surface area contributed by atoms with E-state index in [1.165, 1.54) is 28.6 Å². The molecule has 1 aliphatic rings. The number of fused-ring (bicyclic) bond motifs is 1. The van der Waals surface area contributed by atoms with Crippen LogP contribution in [0.1, 0.15) is 43.1 Å². The number of benzene rings is 3. The zero-order valence-corrected chi connectivity index (χ0v) is 24.4. The minimum absolute atomic E-state index is 0.0986. The van der Waals surface area contributed by atoms with Crippen LogP contribution in [0.25, 0.3) is 11.5 Å². The maximum absolute atomic E-state index is 13.4. The van der Waals surface area contributed by atoms with Crippen LogP contribution in [-0.4, -0.2) is 50.9 Å². The first kappa shape index (κ1) is 28.9. The quantitative estimate of drug-likeness (QED) is 0.245. The SMILES string of the molecule is CCOc1cc(-c2nnc(NC(=O)c3ccc(S(=O)(=O)N4CCCc5ccccc54)cc3)o2)cc(OCC)c1OCC. The summed E-state index contributed by atoms with van der Waals surface area (Å²) in [5.41, 5.74) is 2.43. The third kappa shape index (κ3) is 5.89. The lowest BCUT2D eigenvalue weighted by Gasteiger charge is -2.30. The molecule has 4 aromatic rings. The molecule has 220 valence electrons. The van der Waals surface area contributed by atoms with Crippen molar-refractivity contribution in [2.45, 2.75) is 38.5 Å². The number of carbonyl (C=O) groups excluding carboxylic acids is 1. The molecule has 0 saturated heterocycles. The number of ether oxygens (including phenoxy) is 3. The van der Waals surface area contributed by atoms with Crippen molar-refractivity contribution in [3.05, 3.63) is 71.8 Å². The number of nitrogens with one attached hydrogen (secondary N) is 1. The highest BCUT2D eigenvalue weighted by Gasteiger charge is 2.29. The molecule has 3 aromatic carbocycles. The summed E-state index contributed by atoms with van der Waals surface area (Å²) in [4.78, 5) is 13.0. The van der Waals surface area contributed by atoms with Crippen LogP contribution >= 0.6 is 0 Å². The molecule has 1 N–H and O–H groups in total. The average Bonchev–Trinajstić information content (AvgIpc) is 3.47. The van der Waals surface area contributed by atoms with Crippen molar-refractivity contribution in [3.8, 4) is 28.7 Å². The van der Waals surface area contributed by atoms with Crippen LogP contribution < -0.4 is 23.8 Å². The number of hydrogen-bond donors (Lipinski definition) is 1. The molecule has 0 atom stereocenters. The van der Waals surface area contributed by atoms with Gasteiger partial charge < -0.3 is 18.6 Å². The molecule has 0 bridgehead atoms. The molecule has 0 radical (unpaired) electrons. The lowest BCUT2D eigenvalue weighted by atomic mass is 10.0. The highest BCUT2D eigenvalue weighted by molar-refractivity contribution is 7.92. The first-order valence-electron chi connectivity index (χ1n) is 13.8. The lowest BCUT2D eigenvalue weighted by molar-refractivity contribution is 0.102. The highest BCUT2D eigenvalue weighted by atomic mass is 32.2. The summed E-state index contributed by atoms with van der Waals surface area (Å²) in [5, 5.41) is 10.6. The number of sulfonamides is 1. The van der Waals surface area contributed by atoms with Gasteiger partial charge in [-0.25, -0.2) is 8.42 Å². The Kier molecular flexibility index (Phi) is 8.62. The number of hydrogen-bond acceptors (Lipinski definition) is 9. The molecule has 42 heavy (non-hydrogen) atoms. The molecule has 0 fully saturated rings. The van der Waals surface area contributed by atoms with Gasteiger partial charge in [0.05, 0.1) is 30.4 Å². The molecule has 1 aliphatic heterocycles. The van der Waals surface area contributed by atoms with Gasteiger partial charge in [0.25, 0.3) is 15.9 Å². The fraction of sp³-hybridized carbons (Fsp3) is 0.300. The molecule has 1 amide bonds. The summed E-state index contributed by atoms with van der Waals surface area (Å²) in [6.45, 7) is 7.22. The van der Waals surface area contributed by atoms with Crippen LogP contribution in [-0.2, 0) is 16.4 Å². The van der Waals surface area contributed by atoms with Gasteiger partial charge in [0.1, 0.15) is 0 Å². The molecule has 1 aromatic heterocycles. The topological polar surface area (TPSA) is 133 Å². The molecule has 0 spiro atoms. The summed E-state index contributed by atoms with van der Waals surface area (Å²) < 4.78 is 51.2. The van der Waals surface area contributed by atoms with E-state index in [0.717, 1.165) is 18.4 Å². The number of carbonyl (C=O) groups is 1. The fourth-order valence-electron chi connectivity index (χ4n) is 4.73. The van der Waals surface area contributed by atoms with E-state index < -0.39 is 15.9 Å². The Balaban J connectivity index is 1.33. The van der Waals surface area contributed by atoms with Gasteiger partial charge in [-0.1, -0.05) is 23.3 Å². The van der Waals surface area contributed by atoms with Crippen molar-refractivity contribution in [3.63, 3.8) is 0 Å². The van der Waals surface area contributed by atoms with Gasteiger partial charge in [-0.3, -0.25) is 14.4 Å². The van der Waals surface area contributed by atoms with E-state index in [9.17, 15) is 13.2 Å². The van der Waals surface area contributed by atoms with Gasteiger partial charge in [-0.15, -0.1) is 5.10 Å². The number of amides is 1. The molecule has 0 aliphatic carbocycles. The van der Waals surface area contributed by atoms with Crippen molar-refractivity contribution in [2.24, 2.45) is 0 Å². The normalized spacial score (nSPS) is 12.9. The summed E-state index contributed by atoms with van der Waals surface area (Å²) in [5.74, 6) is 1.01. The molecule has 12 heteroatoms. The van der Waals surface area contributed by atoms with Crippen LogP contribution in [0.2, 0.25) is 0 Å². The molecule has 5 rings (SSSR count). The maximum atomic E-state index is 13.4. The standard InChI is InChI=1S/C30H32N4O7S/c1-4-38-25-18-22(19-26(39-5-2)27(25)40-6-3)29-32-33-30(41-29)31-28(35)21-13-15-23(16-14-21)42(36,37)34-17-9-11-20-10-7-8-12-24(20)34/h7-8,10,12-16,18-19H,4-6,9,11,17H2,1-3H3,(H,31,33,35). The van der Waals surface area contributed by atoms with Gasteiger partial charge in [0.2, 0.25) is 11.6 Å². The van der Waals surface area contributed by atoms with Gasteiger partial charge in [0, 0.05) is 17.7 Å². The number of rotatable bonds is 11. The zero-order chi connectivity index (χ0) is 29.7. The molecular weight excluding hydrogens is 560 g/mol. The van der Waals surface area contributed by atoms with Crippen molar-refractivity contribution >= 4 is 27.6 Å². The summed E-state index contributed by atoms with van der Waals surface area (Å²) in [6.07, 6.45) is 1.57. The second-order valence-corrected chi connectivity index (χ2v) is 11.2. The maximum Gasteiger partial charge on any atom is 0.322 e. The summed E-state index contributed by atoms with van der Waals surface area (Å²) in [6, 6.07) is 16.5. The predicted octanol–water partition coefficient (Wildman–Crippen LogP) is 5.33. The van der Waals surface area contributed by atoms with Crippen LogP contribution in [0.3, 0.4) is 0 Å². The molecule has 11 nitrogen and oxygen atoms in total. The van der Waals surface area contributed by atoms with Gasteiger partial charge >= 0.3 is 6.01 Å². The Hall–Kier alpha value is -4.58. The number of nitrogens with zero attached hydrogens (tertiary/aromatic N) is 3. The van der Waals surface area contributed by atoms with E-state index >= 15 is 0 Å².